The van der Waals surface area contributed by atoms with Crippen LogP contribution in [-0.4, -0.2) is 25.6 Å². The summed E-state index contributed by atoms with van der Waals surface area (Å²) in [5.41, 5.74) is 0.890. The Bertz CT molecular complexity index is 472. The van der Waals surface area contributed by atoms with Crippen molar-refractivity contribution in [3.8, 4) is 0 Å². The average molecular weight is 244 g/mol. The molecule has 1 atom stereocenters. The maximum atomic E-state index is 11.5. The molecule has 0 fully saturated rings. The van der Waals surface area contributed by atoms with Gasteiger partial charge in [-0.25, -0.2) is 4.79 Å². The van der Waals surface area contributed by atoms with Gasteiger partial charge in [0.25, 0.3) is 0 Å². The number of aliphatic hydroxyl groups excluding tert-OH is 1. The van der Waals surface area contributed by atoms with Crippen LogP contribution in [0.2, 0.25) is 0 Å². The molecule has 5 nitrogen and oxygen atoms in total. The molecule has 0 bridgehead atoms. The molecule has 0 aliphatic rings. The fourth-order valence-corrected chi connectivity index (χ4v) is 1.85. The number of aryl methyl sites for hydroxylation is 1. The lowest BCUT2D eigenvalue weighted by atomic mass is 10.2. The van der Waals surface area contributed by atoms with Crippen LogP contribution in [0.3, 0.4) is 0 Å². The highest BCUT2D eigenvalue weighted by Gasteiger charge is 2.22. The van der Waals surface area contributed by atoms with Crippen molar-refractivity contribution in [3.63, 3.8) is 0 Å². The maximum absolute atomic E-state index is 11.5. The summed E-state index contributed by atoms with van der Waals surface area (Å²) in [5.74, 6) is -1.19. The van der Waals surface area contributed by atoms with Crippen LogP contribution < -0.4 is 0 Å². The van der Waals surface area contributed by atoms with Crippen LogP contribution in [-0.2, 0) is 19.1 Å². The van der Waals surface area contributed by atoms with E-state index in [1.165, 1.54) is 12.1 Å². The van der Waals surface area contributed by atoms with Crippen molar-refractivity contribution >= 4 is 16.1 Å². The van der Waals surface area contributed by atoms with Crippen molar-refractivity contribution in [2.24, 2.45) is 0 Å². The summed E-state index contributed by atoms with van der Waals surface area (Å²) < 4.78 is 27.2. The molecule has 1 aromatic carbocycles. The normalized spacial score (nSPS) is 13.2. The van der Waals surface area contributed by atoms with Crippen molar-refractivity contribution in [1.29, 1.82) is 0 Å². The molecule has 1 aromatic rings. The van der Waals surface area contributed by atoms with E-state index < -0.39 is 22.2 Å². The molecule has 0 aliphatic carbocycles. The molecule has 0 amide bonds. The summed E-state index contributed by atoms with van der Waals surface area (Å²) in [6, 6.07) is 5.84. The van der Waals surface area contributed by atoms with Gasteiger partial charge in [-0.3, -0.25) is 0 Å². The second-order valence-corrected chi connectivity index (χ2v) is 4.89. The van der Waals surface area contributed by atoms with Crippen molar-refractivity contribution in [3.05, 3.63) is 29.8 Å². The predicted octanol–water partition coefficient (Wildman–Crippen LogP) is 0.608. The zero-order chi connectivity index (χ0) is 12.3. The van der Waals surface area contributed by atoms with Gasteiger partial charge in [-0.05, 0) is 26.0 Å². The molecular formula is C10H12O5S. The average Bonchev–Trinajstić information content (AvgIpc) is 2.17. The van der Waals surface area contributed by atoms with E-state index in [4.69, 9.17) is 5.11 Å². The van der Waals surface area contributed by atoms with Crippen LogP contribution in [0.1, 0.15) is 12.5 Å². The van der Waals surface area contributed by atoms with E-state index in [1.807, 2.05) is 0 Å². The highest BCUT2D eigenvalue weighted by molar-refractivity contribution is 7.87. The third-order valence-electron chi connectivity index (χ3n) is 1.84. The third kappa shape index (κ3) is 3.04. The quantitative estimate of drug-likeness (QED) is 0.788. The van der Waals surface area contributed by atoms with Gasteiger partial charge in [-0.2, -0.15) is 8.42 Å². The van der Waals surface area contributed by atoms with Gasteiger partial charge in [-0.1, -0.05) is 17.7 Å². The predicted molar refractivity (Wildman–Crippen MR) is 56.1 cm³/mol. The van der Waals surface area contributed by atoms with E-state index in [1.54, 1.807) is 19.1 Å². The van der Waals surface area contributed by atoms with Crippen LogP contribution in [0.4, 0.5) is 0 Å². The zero-order valence-corrected chi connectivity index (χ0v) is 9.69. The highest BCUT2D eigenvalue weighted by atomic mass is 32.2. The van der Waals surface area contributed by atoms with Crippen LogP contribution >= 0.6 is 0 Å². The molecule has 0 saturated heterocycles. The zero-order valence-electron chi connectivity index (χ0n) is 8.88. The SMILES string of the molecule is Cc1ccc(S(=O)(=O)OC(=O)[C@H](C)O)cc1. The topological polar surface area (TPSA) is 80.7 Å². The molecule has 0 unspecified atom stereocenters. The molecular weight excluding hydrogens is 232 g/mol. The Kier molecular flexibility index (Phi) is 3.66. The number of hydrogen-bond acceptors (Lipinski definition) is 5. The second kappa shape index (κ2) is 4.63. The number of rotatable bonds is 3. The first kappa shape index (κ1) is 12.7. The first-order valence-electron chi connectivity index (χ1n) is 4.56. The fourth-order valence-electron chi connectivity index (χ4n) is 0.931. The molecule has 0 spiro atoms. The largest absolute Gasteiger partial charge is 0.382 e. The minimum atomic E-state index is -4.13. The van der Waals surface area contributed by atoms with Crippen molar-refractivity contribution in [2.45, 2.75) is 24.8 Å². The third-order valence-corrected chi connectivity index (χ3v) is 3.08. The lowest BCUT2D eigenvalue weighted by molar-refractivity contribution is -0.142. The van der Waals surface area contributed by atoms with Gasteiger partial charge in [0.15, 0.2) is 0 Å². The number of carbonyl (C=O) groups is 1. The van der Waals surface area contributed by atoms with Gasteiger partial charge in [0.05, 0.1) is 0 Å². The van der Waals surface area contributed by atoms with Crippen LogP contribution in [0.5, 0.6) is 0 Å². The lowest BCUT2D eigenvalue weighted by Crippen LogP contribution is -2.23. The highest BCUT2D eigenvalue weighted by Crippen LogP contribution is 2.13. The van der Waals surface area contributed by atoms with E-state index in [9.17, 15) is 13.2 Å². The first-order valence-corrected chi connectivity index (χ1v) is 5.97. The Labute approximate surface area is 93.8 Å². The van der Waals surface area contributed by atoms with Gasteiger partial charge in [0, 0.05) is 0 Å². The standard InChI is InChI=1S/C10H12O5S/c1-7-3-5-9(6-4-7)16(13,14)15-10(12)8(2)11/h3-6,8,11H,1-2H3/t8-/m0/s1. The van der Waals surface area contributed by atoms with Gasteiger partial charge in [0.2, 0.25) is 0 Å². The minimum Gasteiger partial charge on any atom is -0.382 e. The molecule has 16 heavy (non-hydrogen) atoms. The van der Waals surface area contributed by atoms with Crippen molar-refractivity contribution in [2.75, 3.05) is 0 Å². The lowest BCUT2D eigenvalue weighted by Gasteiger charge is -2.06. The van der Waals surface area contributed by atoms with E-state index in [2.05, 4.69) is 4.18 Å². The Morgan fingerprint density at radius 2 is 1.81 bits per heavy atom. The number of carbonyl (C=O) groups excluding carboxylic acids is 1. The first-order chi connectivity index (χ1) is 7.33. The van der Waals surface area contributed by atoms with E-state index >= 15 is 0 Å². The second-order valence-electron chi connectivity index (χ2n) is 3.35. The molecule has 0 aromatic heterocycles. The Morgan fingerprint density at radius 3 is 2.25 bits per heavy atom. The summed E-state index contributed by atoms with van der Waals surface area (Å²) in [7, 11) is -4.13. The monoisotopic (exact) mass is 244 g/mol. The van der Waals surface area contributed by atoms with Crippen molar-refractivity contribution in [1.82, 2.24) is 0 Å². The van der Waals surface area contributed by atoms with Crippen LogP contribution in [0.25, 0.3) is 0 Å². The van der Waals surface area contributed by atoms with Crippen LogP contribution in [0.15, 0.2) is 29.2 Å². The fraction of sp³-hybridized carbons (Fsp3) is 0.300. The smallest absolute Gasteiger partial charge is 0.350 e. The molecule has 0 radical (unpaired) electrons. The summed E-state index contributed by atoms with van der Waals surface area (Å²) in [6.07, 6.45) is -1.47. The summed E-state index contributed by atoms with van der Waals surface area (Å²) >= 11 is 0. The molecule has 0 aliphatic heterocycles. The number of hydrogen-bond donors (Lipinski definition) is 1. The molecule has 0 heterocycles. The molecule has 88 valence electrons. The minimum absolute atomic E-state index is 0.118. The van der Waals surface area contributed by atoms with Gasteiger partial charge >= 0.3 is 16.1 Å². The summed E-state index contributed by atoms with van der Waals surface area (Å²) in [5, 5.41) is 8.84. The van der Waals surface area contributed by atoms with E-state index in [-0.39, 0.29) is 4.90 Å². The number of aliphatic hydroxyl groups is 1. The van der Waals surface area contributed by atoms with E-state index in [0.717, 1.165) is 12.5 Å². The van der Waals surface area contributed by atoms with Gasteiger partial charge in [-0.15, -0.1) is 0 Å². The molecule has 0 saturated carbocycles. The van der Waals surface area contributed by atoms with Gasteiger partial charge < -0.3 is 9.29 Å². The Morgan fingerprint density at radius 1 is 1.31 bits per heavy atom. The molecule has 1 rings (SSSR count). The maximum Gasteiger partial charge on any atom is 0.350 e. The van der Waals surface area contributed by atoms with Crippen molar-refractivity contribution < 1.29 is 22.5 Å². The molecule has 1 N–H and O–H groups in total. The Hall–Kier alpha value is -1.40. The van der Waals surface area contributed by atoms with Gasteiger partial charge in [0.1, 0.15) is 11.0 Å². The summed E-state index contributed by atoms with van der Waals surface area (Å²) in [6.45, 7) is 2.94. The summed E-state index contributed by atoms with van der Waals surface area (Å²) in [4.78, 5) is 10.8. The number of benzene rings is 1. The molecule has 6 heteroatoms. The Balaban J connectivity index is 2.95. The van der Waals surface area contributed by atoms with E-state index in [0.29, 0.717) is 0 Å². The van der Waals surface area contributed by atoms with Crippen LogP contribution in [0, 0.1) is 6.92 Å².